The Morgan fingerprint density at radius 2 is 2.17 bits per heavy atom. The molecule has 1 amide bonds. The van der Waals surface area contributed by atoms with E-state index in [-0.39, 0.29) is 11.8 Å². The molecule has 1 fully saturated rings. The lowest BCUT2D eigenvalue weighted by atomic mass is 10.1. The summed E-state index contributed by atoms with van der Waals surface area (Å²) in [5.74, 6) is 0.612. The Morgan fingerprint density at radius 1 is 1.38 bits per heavy atom. The zero-order valence-corrected chi connectivity index (χ0v) is 15.6. The Kier molecular flexibility index (Phi) is 4.84. The molecule has 9 heteroatoms. The molecule has 4 rings (SSSR count). The number of pyridine rings is 1. The van der Waals surface area contributed by atoms with E-state index in [1.165, 1.54) is 6.07 Å². The molecule has 29 heavy (non-hydrogen) atoms. The van der Waals surface area contributed by atoms with Gasteiger partial charge in [-0.2, -0.15) is 5.26 Å². The number of carbonyl (C=O) groups excluding carboxylic acids is 1. The van der Waals surface area contributed by atoms with E-state index in [9.17, 15) is 13.6 Å². The van der Waals surface area contributed by atoms with Crippen LogP contribution in [0, 0.1) is 17.2 Å². The zero-order chi connectivity index (χ0) is 20.5. The highest BCUT2D eigenvalue weighted by Crippen LogP contribution is 2.32. The van der Waals surface area contributed by atoms with E-state index in [4.69, 9.17) is 5.26 Å². The minimum Gasteiger partial charge on any atom is -0.340 e. The molecular formula is C20H18F2N6O. The number of nitriles is 1. The van der Waals surface area contributed by atoms with Gasteiger partial charge in [0.15, 0.2) is 5.82 Å². The predicted molar refractivity (Wildman–Crippen MR) is 104 cm³/mol. The maximum absolute atomic E-state index is 13.0. The molecule has 0 atom stereocenters. The summed E-state index contributed by atoms with van der Waals surface area (Å²) in [5, 5.41) is 14.9. The number of rotatable bonds is 6. The van der Waals surface area contributed by atoms with Crippen LogP contribution < -0.4 is 10.6 Å². The second-order valence-electron chi connectivity index (χ2n) is 7.05. The number of fused-ring (bicyclic) bond motifs is 1. The molecule has 1 saturated carbocycles. The van der Waals surface area contributed by atoms with Crippen LogP contribution >= 0.6 is 0 Å². The fraction of sp³-hybridized carbons (Fsp3) is 0.300. The minimum atomic E-state index is -2.55. The first-order chi connectivity index (χ1) is 13.9. The third kappa shape index (κ3) is 4.01. The van der Waals surface area contributed by atoms with Crippen LogP contribution in [0.4, 0.5) is 26.1 Å². The first-order valence-corrected chi connectivity index (χ1v) is 9.15. The second kappa shape index (κ2) is 7.47. The zero-order valence-electron chi connectivity index (χ0n) is 15.6. The Morgan fingerprint density at radius 3 is 2.86 bits per heavy atom. The van der Waals surface area contributed by atoms with E-state index < -0.39 is 12.8 Å². The summed E-state index contributed by atoms with van der Waals surface area (Å²) >= 11 is 0. The first kappa shape index (κ1) is 18.8. The number of nitrogens with one attached hydrogen (secondary N) is 2. The fourth-order valence-corrected chi connectivity index (χ4v) is 3.10. The van der Waals surface area contributed by atoms with Crippen LogP contribution in [0.15, 0.2) is 30.6 Å². The third-order valence-electron chi connectivity index (χ3n) is 4.77. The van der Waals surface area contributed by atoms with E-state index in [0.29, 0.717) is 34.0 Å². The van der Waals surface area contributed by atoms with Crippen molar-refractivity contribution in [3.8, 4) is 6.07 Å². The van der Waals surface area contributed by atoms with Crippen molar-refractivity contribution >= 4 is 34.3 Å². The molecule has 7 nitrogen and oxygen atoms in total. The maximum Gasteiger partial charge on any atom is 0.242 e. The lowest BCUT2D eigenvalue weighted by molar-refractivity contribution is -0.117. The normalized spacial score (nSPS) is 13.5. The van der Waals surface area contributed by atoms with Crippen LogP contribution in [0.3, 0.4) is 0 Å². The van der Waals surface area contributed by atoms with Crippen molar-refractivity contribution in [3.05, 3.63) is 41.7 Å². The van der Waals surface area contributed by atoms with Crippen molar-refractivity contribution in [2.75, 3.05) is 10.6 Å². The van der Waals surface area contributed by atoms with Gasteiger partial charge in [0.05, 0.1) is 23.5 Å². The van der Waals surface area contributed by atoms with Crippen LogP contribution in [0.5, 0.6) is 0 Å². The van der Waals surface area contributed by atoms with E-state index >= 15 is 0 Å². The standard InChI is InChI=1S/C20H18F2N6O/c1-28-10-24-18-15(28)8-17(26-19(18)27-20(29)12-3-4-12)25-14-5-2-11(9-23)6-13(14)7-16(21)22/h2,5-6,8,10,12,16H,3-4,7H2,1H3,(H2,25,26,27,29). The smallest absolute Gasteiger partial charge is 0.242 e. The van der Waals surface area contributed by atoms with Gasteiger partial charge in [-0.25, -0.2) is 18.7 Å². The summed E-state index contributed by atoms with van der Waals surface area (Å²) in [7, 11) is 1.82. The van der Waals surface area contributed by atoms with Crippen LogP contribution in [0.25, 0.3) is 11.0 Å². The topological polar surface area (TPSA) is 95.6 Å². The monoisotopic (exact) mass is 396 g/mol. The summed E-state index contributed by atoms with van der Waals surface area (Å²) < 4.78 is 27.8. The molecule has 0 radical (unpaired) electrons. The number of nitrogens with zero attached hydrogens (tertiary/aromatic N) is 4. The van der Waals surface area contributed by atoms with Gasteiger partial charge in [0.25, 0.3) is 0 Å². The number of alkyl halides is 2. The molecule has 2 aromatic heterocycles. The molecule has 2 N–H and O–H groups in total. The fourth-order valence-electron chi connectivity index (χ4n) is 3.10. The number of hydrogen-bond donors (Lipinski definition) is 2. The molecule has 2 heterocycles. The largest absolute Gasteiger partial charge is 0.340 e. The molecule has 0 unspecified atom stereocenters. The molecule has 0 spiro atoms. The number of anilines is 3. The average molecular weight is 396 g/mol. The van der Waals surface area contributed by atoms with Crippen LogP contribution in [-0.4, -0.2) is 26.9 Å². The number of carbonyl (C=O) groups is 1. The predicted octanol–water partition coefficient (Wildman–Crippen LogP) is 3.74. The number of halogens is 2. The lowest BCUT2D eigenvalue weighted by Crippen LogP contribution is -2.15. The van der Waals surface area contributed by atoms with Crippen molar-refractivity contribution in [1.29, 1.82) is 5.26 Å². The first-order valence-electron chi connectivity index (χ1n) is 9.15. The van der Waals surface area contributed by atoms with E-state index in [1.54, 1.807) is 29.1 Å². The average Bonchev–Trinajstić information content (AvgIpc) is 3.47. The van der Waals surface area contributed by atoms with Gasteiger partial charge in [0.2, 0.25) is 12.3 Å². The molecule has 1 aliphatic rings. The number of aromatic nitrogens is 3. The van der Waals surface area contributed by atoms with Gasteiger partial charge in [-0.3, -0.25) is 4.79 Å². The van der Waals surface area contributed by atoms with Crippen LogP contribution in [0.2, 0.25) is 0 Å². The summed E-state index contributed by atoms with van der Waals surface area (Å²) in [4.78, 5) is 21.0. The highest BCUT2D eigenvalue weighted by Gasteiger charge is 2.30. The molecule has 0 aliphatic heterocycles. The van der Waals surface area contributed by atoms with Crippen molar-refractivity contribution in [1.82, 2.24) is 14.5 Å². The summed E-state index contributed by atoms with van der Waals surface area (Å²) in [6.07, 6.45) is 0.295. The molecular weight excluding hydrogens is 378 g/mol. The number of imidazole rings is 1. The Hall–Kier alpha value is -3.54. The van der Waals surface area contributed by atoms with Gasteiger partial charge >= 0.3 is 0 Å². The molecule has 0 saturated heterocycles. The van der Waals surface area contributed by atoms with Crippen molar-refractivity contribution < 1.29 is 13.6 Å². The second-order valence-corrected chi connectivity index (χ2v) is 7.05. The van der Waals surface area contributed by atoms with Gasteiger partial charge in [-0.1, -0.05) is 0 Å². The Labute approximate surface area is 165 Å². The molecule has 0 bridgehead atoms. The van der Waals surface area contributed by atoms with E-state index in [2.05, 4.69) is 20.6 Å². The molecule has 3 aromatic rings. The van der Waals surface area contributed by atoms with Crippen molar-refractivity contribution in [3.63, 3.8) is 0 Å². The summed E-state index contributed by atoms with van der Waals surface area (Å²) in [5.41, 5.74) is 2.34. The molecule has 148 valence electrons. The number of hydrogen-bond acceptors (Lipinski definition) is 5. The SMILES string of the molecule is Cn1cnc2c(NC(=O)C3CC3)nc(Nc3ccc(C#N)cc3CC(F)F)cc21. The Bertz CT molecular complexity index is 1130. The Balaban J connectivity index is 1.72. The van der Waals surface area contributed by atoms with Crippen molar-refractivity contribution in [2.24, 2.45) is 13.0 Å². The minimum absolute atomic E-state index is 0.00310. The lowest BCUT2D eigenvalue weighted by Gasteiger charge is -2.14. The van der Waals surface area contributed by atoms with Gasteiger partial charge in [-0.15, -0.1) is 0 Å². The number of amides is 1. The van der Waals surface area contributed by atoms with E-state index in [1.807, 2.05) is 13.1 Å². The summed E-state index contributed by atoms with van der Waals surface area (Å²) in [6.45, 7) is 0. The van der Waals surface area contributed by atoms with Gasteiger partial charge in [-0.05, 0) is 36.6 Å². The highest BCUT2D eigenvalue weighted by atomic mass is 19.3. The number of benzene rings is 1. The van der Waals surface area contributed by atoms with Crippen molar-refractivity contribution in [2.45, 2.75) is 25.7 Å². The molecule has 1 aliphatic carbocycles. The van der Waals surface area contributed by atoms with Gasteiger partial charge in [0, 0.05) is 31.1 Å². The van der Waals surface area contributed by atoms with Crippen LogP contribution in [0.1, 0.15) is 24.0 Å². The van der Waals surface area contributed by atoms with E-state index in [0.717, 1.165) is 18.4 Å². The summed E-state index contributed by atoms with van der Waals surface area (Å²) in [6, 6.07) is 8.26. The quantitative estimate of drug-likeness (QED) is 0.662. The van der Waals surface area contributed by atoms with Gasteiger partial charge < -0.3 is 15.2 Å². The number of aryl methyl sites for hydroxylation is 1. The van der Waals surface area contributed by atoms with Gasteiger partial charge in [0.1, 0.15) is 11.3 Å². The molecule has 1 aromatic carbocycles. The van der Waals surface area contributed by atoms with Crippen LogP contribution in [-0.2, 0) is 18.3 Å². The third-order valence-corrected chi connectivity index (χ3v) is 4.77. The maximum atomic E-state index is 13.0. The highest BCUT2D eigenvalue weighted by molar-refractivity contribution is 6.00.